The monoisotopic (exact) mass is 522 g/mol. The average Bonchev–Trinajstić information content (AvgIpc) is 2.83. The molecule has 0 aliphatic heterocycles. The van der Waals surface area contributed by atoms with Gasteiger partial charge in [-0.15, -0.1) is 11.8 Å². The van der Waals surface area contributed by atoms with E-state index >= 15 is 0 Å². The van der Waals surface area contributed by atoms with Crippen LogP contribution in [0.3, 0.4) is 0 Å². The van der Waals surface area contributed by atoms with Crippen molar-refractivity contribution in [2.75, 3.05) is 5.75 Å². The van der Waals surface area contributed by atoms with Crippen LogP contribution in [-0.2, 0) is 28.3 Å². The van der Waals surface area contributed by atoms with Gasteiger partial charge in [-0.05, 0) is 62.1 Å². The molecule has 1 atom stereocenters. The van der Waals surface area contributed by atoms with Crippen molar-refractivity contribution in [3.8, 4) is 0 Å². The predicted octanol–water partition coefficient (Wildman–Crippen LogP) is 6.44. The Bertz CT molecular complexity index is 1140. The standard InChI is InChI=1S/C30H35ClN2O2S/c1-22-10-8-9-13-25(22)20-36-21-28(34)33(19-24-14-16-26(31)17-15-24)27(29(35)32-30(2,3)4)18-23-11-6-5-7-12-23/h5-17,27H,18-21H2,1-4H3,(H,32,35)/t27-/m1/s1. The van der Waals surface area contributed by atoms with Crippen molar-refractivity contribution in [2.24, 2.45) is 0 Å². The van der Waals surface area contributed by atoms with Crippen LogP contribution in [0.1, 0.15) is 43.0 Å². The lowest BCUT2D eigenvalue weighted by atomic mass is 10.0. The number of carbonyl (C=O) groups is 2. The first kappa shape index (κ1) is 27.8. The van der Waals surface area contributed by atoms with Crippen molar-refractivity contribution in [1.29, 1.82) is 0 Å². The van der Waals surface area contributed by atoms with Crippen LogP contribution in [0, 0.1) is 6.92 Å². The third kappa shape index (κ3) is 8.72. The first-order chi connectivity index (χ1) is 17.1. The maximum Gasteiger partial charge on any atom is 0.243 e. The highest BCUT2D eigenvalue weighted by Crippen LogP contribution is 2.21. The molecule has 0 aromatic heterocycles. The molecule has 3 rings (SSSR count). The van der Waals surface area contributed by atoms with E-state index in [1.807, 2.05) is 87.5 Å². The first-order valence-electron chi connectivity index (χ1n) is 12.1. The van der Waals surface area contributed by atoms with Crippen molar-refractivity contribution in [1.82, 2.24) is 10.2 Å². The summed E-state index contributed by atoms with van der Waals surface area (Å²) in [5.41, 5.74) is 3.94. The molecule has 0 saturated carbocycles. The van der Waals surface area contributed by atoms with E-state index < -0.39 is 11.6 Å². The van der Waals surface area contributed by atoms with E-state index in [1.165, 1.54) is 11.1 Å². The molecule has 3 aromatic rings. The zero-order valence-electron chi connectivity index (χ0n) is 21.5. The molecule has 6 heteroatoms. The van der Waals surface area contributed by atoms with Crippen LogP contribution < -0.4 is 5.32 Å². The summed E-state index contributed by atoms with van der Waals surface area (Å²) in [6, 6.07) is 24.9. The minimum absolute atomic E-state index is 0.0616. The van der Waals surface area contributed by atoms with Crippen LogP contribution in [0.5, 0.6) is 0 Å². The third-order valence-corrected chi connectivity index (χ3v) is 7.00. The van der Waals surface area contributed by atoms with Crippen molar-refractivity contribution in [3.05, 3.63) is 106 Å². The van der Waals surface area contributed by atoms with Crippen LogP contribution in [-0.4, -0.2) is 34.0 Å². The van der Waals surface area contributed by atoms with Crippen LogP contribution in [0.2, 0.25) is 5.02 Å². The summed E-state index contributed by atoms with van der Waals surface area (Å²) in [5.74, 6) is 0.812. The van der Waals surface area contributed by atoms with Gasteiger partial charge in [-0.2, -0.15) is 0 Å². The molecule has 190 valence electrons. The number of halogens is 1. The Morgan fingerprint density at radius 3 is 2.19 bits per heavy atom. The summed E-state index contributed by atoms with van der Waals surface area (Å²) < 4.78 is 0. The summed E-state index contributed by atoms with van der Waals surface area (Å²) in [6.45, 7) is 8.27. The first-order valence-corrected chi connectivity index (χ1v) is 13.7. The van der Waals surface area contributed by atoms with Gasteiger partial charge in [-0.1, -0.05) is 78.3 Å². The van der Waals surface area contributed by atoms with Gasteiger partial charge in [0.05, 0.1) is 5.75 Å². The normalized spacial score (nSPS) is 12.1. The molecule has 0 fully saturated rings. The second-order valence-electron chi connectivity index (χ2n) is 10.0. The summed E-state index contributed by atoms with van der Waals surface area (Å²) in [6.07, 6.45) is 0.435. The number of thioether (sulfide) groups is 1. The molecule has 0 heterocycles. The number of hydrogen-bond donors (Lipinski definition) is 1. The van der Waals surface area contributed by atoms with E-state index in [0.29, 0.717) is 18.0 Å². The number of hydrogen-bond acceptors (Lipinski definition) is 3. The second-order valence-corrected chi connectivity index (χ2v) is 11.4. The van der Waals surface area contributed by atoms with Crippen molar-refractivity contribution < 1.29 is 9.59 Å². The number of nitrogens with zero attached hydrogens (tertiary/aromatic N) is 1. The molecule has 2 amide bonds. The predicted molar refractivity (Wildman–Crippen MR) is 151 cm³/mol. The SMILES string of the molecule is Cc1ccccc1CSCC(=O)N(Cc1ccc(Cl)cc1)[C@H](Cc1ccccc1)C(=O)NC(C)(C)C. The molecule has 0 bridgehead atoms. The molecule has 1 N–H and O–H groups in total. The maximum atomic E-state index is 13.7. The second kappa shape index (κ2) is 13.0. The fourth-order valence-electron chi connectivity index (χ4n) is 3.90. The average molecular weight is 523 g/mol. The number of benzene rings is 3. The Morgan fingerprint density at radius 1 is 0.917 bits per heavy atom. The number of carbonyl (C=O) groups excluding carboxylic acids is 2. The van der Waals surface area contributed by atoms with Crippen LogP contribution in [0.25, 0.3) is 0 Å². The van der Waals surface area contributed by atoms with Crippen LogP contribution >= 0.6 is 23.4 Å². The smallest absolute Gasteiger partial charge is 0.243 e. The Balaban J connectivity index is 1.87. The molecule has 0 aliphatic rings. The lowest BCUT2D eigenvalue weighted by molar-refractivity contribution is -0.140. The lowest BCUT2D eigenvalue weighted by Crippen LogP contribution is -2.54. The Labute approximate surface area is 224 Å². The van der Waals surface area contributed by atoms with Crippen LogP contribution in [0.4, 0.5) is 0 Å². The number of amides is 2. The van der Waals surface area contributed by atoms with Crippen molar-refractivity contribution >= 4 is 35.2 Å². The third-order valence-electron chi connectivity index (χ3n) is 5.78. The van der Waals surface area contributed by atoms with E-state index in [2.05, 4.69) is 24.4 Å². The molecular weight excluding hydrogens is 488 g/mol. The van der Waals surface area contributed by atoms with Crippen LogP contribution in [0.15, 0.2) is 78.9 Å². The van der Waals surface area contributed by atoms with E-state index in [9.17, 15) is 9.59 Å². The highest BCUT2D eigenvalue weighted by molar-refractivity contribution is 7.99. The summed E-state index contributed by atoms with van der Waals surface area (Å²) in [4.78, 5) is 29.0. The fourth-order valence-corrected chi connectivity index (χ4v) is 5.01. The molecule has 3 aromatic carbocycles. The van der Waals surface area contributed by atoms with Gasteiger partial charge in [0, 0.05) is 29.3 Å². The summed E-state index contributed by atoms with van der Waals surface area (Å²) in [5, 5.41) is 3.73. The molecule has 0 unspecified atom stereocenters. The molecule has 0 radical (unpaired) electrons. The molecular formula is C30H35ClN2O2S. The minimum Gasteiger partial charge on any atom is -0.350 e. The highest BCUT2D eigenvalue weighted by Gasteiger charge is 2.32. The van der Waals surface area contributed by atoms with E-state index in [4.69, 9.17) is 11.6 Å². The molecule has 0 aliphatic carbocycles. The topological polar surface area (TPSA) is 49.4 Å². The van der Waals surface area contributed by atoms with E-state index in [0.717, 1.165) is 16.9 Å². The van der Waals surface area contributed by atoms with Gasteiger partial charge in [0.25, 0.3) is 0 Å². The van der Waals surface area contributed by atoms with E-state index in [1.54, 1.807) is 16.7 Å². The van der Waals surface area contributed by atoms with Crippen molar-refractivity contribution in [3.63, 3.8) is 0 Å². The Kier molecular flexibility index (Phi) is 10.0. The van der Waals surface area contributed by atoms with Gasteiger partial charge < -0.3 is 10.2 Å². The number of nitrogens with one attached hydrogen (secondary N) is 1. The Hall–Kier alpha value is -2.76. The lowest BCUT2D eigenvalue weighted by Gasteiger charge is -2.34. The maximum absolute atomic E-state index is 13.7. The number of aryl methyl sites for hydroxylation is 1. The van der Waals surface area contributed by atoms with Gasteiger partial charge in [0.15, 0.2) is 0 Å². The molecule has 0 spiro atoms. The summed E-state index contributed by atoms with van der Waals surface area (Å²) in [7, 11) is 0. The zero-order chi connectivity index (χ0) is 26.1. The van der Waals surface area contributed by atoms with Gasteiger partial charge >= 0.3 is 0 Å². The molecule has 0 saturated heterocycles. The zero-order valence-corrected chi connectivity index (χ0v) is 23.0. The van der Waals surface area contributed by atoms with Gasteiger partial charge in [0.2, 0.25) is 11.8 Å². The largest absolute Gasteiger partial charge is 0.350 e. The van der Waals surface area contributed by atoms with Crippen molar-refractivity contribution in [2.45, 2.75) is 58.0 Å². The van der Waals surface area contributed by atoms with Gasteiger partial charge in [-0.3, -0.25) is 9.59 Å². The van der Waals surface area contributed by atoms with Gasteiger partial charge in [0.1, 0.15) is 6.04 Å². The molecule has 36 heavy (non-hydrogen) atoms. The number of rotatable bonds is 10. The minimum atomic E-state index is -0.645. The fraction of sp³-hybridized carbons (Fsp3) is 0.333. The molecule has 4 nitrogen and oxygen atoms in total. The van der Waals surface area contributed by atoms with E-state index in [-0.39, 0.29) is 17.6 Å². The van der Waals surface area contributed by atoms with Gasteiger partial charge in [-0.25, -0.2) is 0 Å². The highest BCUT2D eigenvalue weighted by atomic mass is 35.5. The Morgan fingerprint density at radius 2 is 1.56 bits per heavy atom. The summed E-state index contributed by atoms with van der Waals surface area (Å²) >= 11 is 7.67. The quantitative estimate of drug-likeness (QED) is 0.333.